The average molecular weight is 392 g/mol. The molecular weight excluding hydrogens is 367 g/mol. The maximum atomic E-state index is 13.2. The lowest BCUT2D eigenvalue weighted by atomic mass is 9.89. The van der Waals surface area contributed by atoms with Crippen LogP contribution in [0.4, 0.5) is 10.1 Å². The Morgan fingerprint density at radius 2 is 1.83 bits per heavy atom. The van der Waals surface area contributed by atoms with Crippen LogP contribution in [-0.2, 0) is 22.4 Å². The number of fused-ring (bicyclic) bond motifs is 1. The van der Waals surface area contributed by atoms with Gasteiger partial charge >= 0.3 is 0 Å². The van der Waals surface area contributed by atoms with Crippen molar-refractivity contribution in [2.45, 2.75) is 50.9 Å². The molecule has 2 heterocycles. The summed E-state index contributed by atoms with van der Waals surface area (Å²) >= 11 is 0. The molecule has 0 bridgehead atoms. The molecule has 2 saturated carbocycles. The van der Waals surface area contributed by atoms with Gasteiger partial charge in [0.05, 0.1) is 23.0 Å². The molecule has 2 fully saturated rings. The molecule has 4 nitrogen and oxygen atoms in total. The molecule has 3 aliphatic rings. The van der Waals surface area contributed by atoms with Crippen LogP contribution in [0, 0.1) is 17.7 Å². The summed E-state index contributed by atoms with van der Waals surface area (Å²) in [6.07, 6.45) is 6.15. The van der Waals surface area contributed by atoms with Crippen LogP contribution in [0.15, 0.2) is 36.4 Å². The van der Waals surface area contributed by atoms with Crippen molar-refractivity contribution in [1.82, 2.24) is 4.98 Å². The second kappa shape index (κ2) is 7.36. The van der Waals surface area contributed by atoms with Crippen LogP contribution in [0.2, 0.25) is 0 Å². The fourth-order valence-electron chi connectivity index (χ4n) is 4.43. The van der Waals surface area contributed by atoms with Gasteiger partial charge in [0.2, 0.25) is 5.91 Å². The second-order valence-electron chi connectivity index (χ2n) is 8.65. The van der Waals surface area contributed by atoms with Crippen molar-refractivity contribution in [2.24, 2.45) is 11.8 Å². The number of hydrogen-bond acceptors (Lipinski definition) is 3. The average Bonchev–Trinajstić information content (AvgIpc) is 3.62. The van der Waals surface area contributed by atoms with Crippen molar-refractivity contribution in [3.63, 3.8) is 0 Å². The summed E-state index contributed by atoms with van der Waals surface area (Å²) in [6.45, 7) is 0.763. The van der Waals surface area contributed by atoms with E-state index >= 15 is 0 Å². The third-order valence-electron chi connectivity index (χ3n) is 6.30. The van der Waals surface area contributed by atoms with E-state index in [2.05, 4.69) is 0 Å². The number of Topliss-reactive ketones (excluding diaryl/α,β-unsaturated/α-hetero) is 1. The van der Waals surface area contributed by atoms with Gasteiger partial charge in [0.1, 0.15) is 11.6 Å². The predicted octanol–water partition coefficient (Wildman–Crippen LogP) is 4.22. The summed E-state index contributed by atoms with van der Waals surface area (Å²) in [6, 6.07) is 10.1. The predicted molar refractivity (Wildman–Crippen MR) is 108 cm³/mol. The first-order chi connectivity index (χ1) is 14.1. The highest BCUT2D eigenvalue weighted by atomic mass is 19.1. The number of carbonyl (C=O) groups is 2. The first-order valence-electron chi connectivity index (χ1n) is 10.7. The number of aryl methyl sites for hydroxylation is 1. The van der Waals surface area contributed by atoms with E-state index in [4.69, 9.17) is 4.98 Å². The zero-order valence-corrected chi connectivity index (χ0v) is 16.4. The third kappa shape index (κ3) is 3.83. The molecule has 0 radical (unpaired) electrons. The molecule has 5 rings (SSSR count). The van der Waals surface area contributed by atoms with Crippen molar-refractivity contribution in [3.05, 3.63) is 59.2 Å². The molecular formula is C24H25FN2O2. The van der Waals surface area contributed by atoms with Crippen molar-refractivity contribution in [3.8, 4) is 0 Å². The summed E-state index contributed by atoms with van der Waals surface area (Å²) in [5.74, 6) is 0.416. The van der Waals surface area contributed by atoms with Gasteiger partial charge in [-0.2, -0.15) is 0 Å². The van der Waals surface area contributed by atoms with Gasteiger partial charge in [-0.25, -0.2) is 4.39 Å². The van der Waals surface area contributed by atoms with E-state index in [0.29, 0.717) is 12.3 Å². The topological polar surface area (TPSA) is 50.3 Å². The van der Waals surface area contributed by atoms with Gasteiger partial charge in [-0.1, -0.05) is 12.1 Å². The normalized spacial score (nSPS) is 19.6. The lowest BCUT2D eigenvalue weighted by molar-refractivity contribution is -0.121. The number of carbonyl (C=O) groups excluding carboxylic acids is 2. The fraction of sp³-hybridized carbons (Fsp3) is 0.458. The summed E-state index contributed by atoms with van der Waals surface area (Å²) in [5.41, 5.74) is 3.54. The molecule has 2 aromatic rings. The lowest BCUT2D eigenvalue weighted by Gasteiger charge is -2.30. The highest BCUT2D eigenvalue weighted by molar-refractivity contribution is 5.97. The number of benzene rings is 1. The fourth-order valence-corrected chi connectivity index (χ4v) is 4.43. The third-order valence-corrected chi connectivity index (χ3v) is 6.30. The SMILES string of the molecule is O=C(Cc1ccc(F)cc1)C(c1ccc2c(n1)CCCN2C(=O)C1CC1)C1CC1. The van der Waals surface area contributed by atoms with Crippen LogP contribution < -0.4 is 4.90 Å². The van der Waals surface area contributed by atoms with E-state index in [-0.39, 0.29) is 29.3 Å². The smallest absolute Gasteiger partial charge is 0.230 e. The summed E-state index contributed by atoms with van der Waals surface area (Å²) in [4.78, 5) is 32.5. The van der Waals surface area contributed by atoms with E-state index < -0.39 is 0 Å². The van der Waals surface area contributed by atoms with Gasteiger partial charge in [-0.3, -0.25) is 14.6 Å². The Kier molecular flexibility index (Phi) is 4.69. The Morgan fingerprint density at radius 1 is 1.07 bits per heavy atom. The second-order valence-corrected chi connectivity index (χ2v) is 8.65. The molecule has 5 heteroatoms. The number of aromatic nitrogens is 1. The van der Waals surface area contributed by atoms with Crippen LogP contribution >= 0.6 is 0 Å². The van der Waals surface area contributed by atoms with E-state index in [0.717, 1.165) is 67.7 Å². The Bertz CT molecular complexity index is 948. The van der Waals surface area contributed by atoms with Crippen molar-refractivity contribution >= 4 is 17.4 Å². The molecule has 2 aliphatic carbocycles. The standard InChI is InChI=1S/C24H25FN2O2/c25-18-9-3-15(4-10-18)14-22(28)23(16-5-6-16)20-11-12-21-19(26-20)2-1-13-27(21)24(29)17-7-8-17/h3-4,9-12,16-17,23H,1-2,5-8,13-14H2. The Balaban J connectivity index is 1.40. The van der Waals surface area contributed by atoms with Gasteiger partial charge in [0, 0.05) is 18.9 Å². The van der Waals surface area contributed by atoms with Gasteiger partial charge < -0.3 is 4.90 Å². The molecule has 150 valence electrons. The number of pyridine rings is 1. The largest absolute Gasteiger partial charge is 0.310 e. The number of rotatable bonds is 6. The maximum Gasteiger partial charge on any atom is 0.230 e. The number of amides is 1. The van der Waals surface area contributed by atoms with E-state index in [1.165, 1.54) is 12.1 Å². The van der Waals surface area contributed by atoms with E-state index in [9.17, 15) is 14.0 Å². The van der Waals surface area contributed by atoms with Crippen LogP contribution in [-0.4, -0.2) is 23.2 Å². The number of hydrogen-bond donors (Lipinski definition) is 0. The first kappa shape index (κ1) is 18.5. The van der Waals surface area contributed by atoms with Crippen LogP contribution in [0.3, 0.4) is 0 Å². The van der Waals surface area contributed by atoms with Crippen LogP contribution in [0.5, 0.6) is 0 Å². The van der Waals surface area contributed by atoms with Crippen molar-refractivity contribution in [1.29, 1.82) is 0 Å². The van der Waals surface area contributed by atoms with Crippen LogP contribution in [0.25, 0.3) is 0 Å². The number of halogens is 1. The number of nitrogens with zero attached hydrogens (tertiary/aromatic N) is 2. The summed E-state index contributed by atoms with van der Waals surface area (Å²) in [5, 5.41) is 0. The highest BCUT2D eigenvalue weighted by Gasteiger charge is 2.39. The molecule has 0 N–H and O–H groups in total. The molecule has 1 aromatic carbocycles. The lowest BCUT2D eigenvalue weighted by Crippen LogP contribution is -2.37. The van der Waals surface area contributed by atoms with Crippen molar-refractivity contribution < 1.29 is 14.0 Å². The molecule has 29 heavy (non-hydrogen) atoms. The summed E-state index contributed by atoms with van der Waals surface area (Å²) < 4.78 is 13.2. The zero-order chi connectivity index (χ0) is 20.0. The minimum atomic E-state index is -0.290. The Morgan fingerprint density at radius 3 is 2.52 bits per heavy atom. The maximum absolute atomic E-state index is 13.2. The molecule has 1 unspecified atom stereocenters. The van der Waals surface area contributed by atoms with Crippen molar-refractivity contribution in [2.75, 3.05) is 11.4 Å². The van der Waals surface area contributed by atoms with Gasteiger partial charge in [-0.05, 0) is 74.3 Å². The highest BCUT2D eigenvalue weighted by Crippen LogP contribution is 2.44. The summed E-state index contributed by atoms with van der Waals surface area (Å²) in [7, 11) is 0. The first-order valence-corrected chi connectivity index (χ1v) is 10.7. The van der Waals surface area contributed by atoms with Crippen LogP contribution in [0.1, 0.15) is 55.0 Å². The number of ketones is 1. The quantitative estimate of drug-likeness (QED) is 0.740. The monoisotopic (exact) mass is 392 g/mol. The van der Waals surface area contributed by atoms with E-state index in [1.54, 1.807) is 12.1 Å². The minimum absolute atomic E-state index is 0.147. The molecule has 1 amide bonds. The van der Waals surface area contributed by atoms with Gasteiger partial charge in [0.25, 0.3) is 0 Å². The molecule has 0 spiro atoms. The minimum Gasteiger partial charge on any atom is -0.310 e. The van der Waals surface area contributed by atoms with Gasteiger partial charge in [-0.15, -0.1) is 0 Å². The molecule has 1 aliphatic heterocycles. The Labute approximate surface area is 170 Å². The Hall–Kier alpha value is -2.56. The zero-order valence-electron chi connectivity index (χ0n) is 16.4. The van der Waals surface area contributed by atoms with Gasteiger partial charge in [0.15, 0.2) is 0 Å². The molecule has 1 aromatic heterocycles. The molecule has 0 saturated heterocycles. The van der Waals surface area contributed by atoms with E-state index in [1.807, 2.05) is 17.0 Å². The number of anilines is 1. The molecule has 1 atom stereocenters.